The molecule has 0 radical (unpaired) electrons. The van der Waals surface area contributed by atoms with Crippen molar-refractivity contribution in [3.05, 3.63) is 41.6 Å². The van der Waals surface area contributed by atoms with Gasteiger partial charge in [0.05, 0.1) is 5.52 Å². The van der Waals surface area contributed by atoms with Crippen LogP contribution in [-0.2, 0) is 11.3 Å². The van der Waals surface area contributed by atoms with Gasteiger partial charge in [0, 0.05) is 17.6 Å². The SMILES string of the molecule is Cc1cc(CN(C)C(C)C(=O)O)c2ccccc2n1. The highest BCUT2D eigenvalue weighted by atomic mass is 16.4. The van der Waals surface area contributed by atoms with Crippen LogP contribution in [0.25, 0.3) is 10.9 Å². The number of benzene rings is 1. The van der Waals surface area contributed by atoms with Crippen LogP contribution in [0.4, 0.5) is 0 Å². The number of para-hydroxylation sites is 1. The molecule has 0 aliphatic rings. The Labute approximate surface area is 112 Å². The number of aliphatic carboxylic acids is 1. The van der Waals surface area contributed by atoms with Gasteiger partial charge in [-0.3, -0.25) is 14.7 Å². The van der Waals surface area contributed by atoms with Gasteiger partial charge in [0.2, 0.25) is 0 Å². The minimum absolute atomic E-state index is 0.507. The number of fused-ring (bicyclic) bond motifs is 1. The first-order valence-corrected chi connectivity index (χ1v) is 6.27. The molecule has 0 fully saturated rings. The molecule has 19 heavy (non-hydrogen) atoms. The molecule has 1 aromatic heterocycles. The first-order chi connectivity index (χ1) is 8.99. The summed E-state index contributed by atoms with van der Waals surface area (Å²) in [6, 6.07) is 9.45. The van der Waals surface area contributed by atoms with E-state index in [1.807, 2.05) is 49.2 Å². The molecular weight excluding hydrogens is 240 g/mol. The Morgan fingerprint density at radius 3 is 2.79 bits per heavy atom. The summed E-state index contributed by atoms with van der Waals surface area (Å²) in [5, 5.41) is 10.1. The van der Waals surface area contributed by atoms with Crippen molar-refractivity contribution in [2.75, 3.05) is 7.05 Å². The lowest BCUT2D eigenvalue weighted by Gasteiger charge is -2.22. The number of carboxylic acids is 1. The zero-order valence-electron chi connectivity index (χ0n) is 11.4. The summed E-state index contributed by atoms with van der Waals surface area (Å²) in [5.41, 5.74) is 3.01. The second-order valence-electron chi connectivity index (χ2n) is 4.87. The van der Waals surface area contributed by atoms with Crippen LogP contribution in [0.15, 0.2) is 30.3 Å². The Balaban J connectivity index is 2.37. The average Bonchev–Trinajstić information content (AvgIpc) is 2.37. The smallest absolute Gasteiger partial charge is 0.320 e. The first-order valence-electron chi connectivity index (χ1n) is 6.27. The lowest BCUT2D eigenvalue weighted by atomic mass is 10.1. The lowest BCUT2D eigenvalue weighted by molar-refractivity contribution is -0.142. The Hall–Kier alpha value is -1.94. The molecule has 0 aliphatic carbocycles. The van der Waals surface area contributed by atoms with E-state index in [-0.39, 0.29) is 0 Å². The topological polar surface area (TPSA) is 53.4 Å². The van der Waals surface area contributed by atoms with E-state index in [2.05, 4.69) is 4.98 Å². The summed E-state index contributed by atoms with van der Waals surface area (Å²) in [6.07, 6.45) is 0. The van der Waals surface area contributed by atoms with Crippen molar-refractivity contribution in [1.82, 2.24) is 9.88 Å². The summed E-state index contributed by atoms with van der Waals surface area (Å²) in [5.74, 6) is -0.808. The van der Waals surface area contributed by atoms with E-state index in [4.69, 9.17) is 5.11 Å². The van der Waals surface area contributed by atoms with Crippen LogP contribution >= 0.6 is 0 Å². The third kappa shape index (κ3) is 2.90. The molecule has 0 saturated heterocycles. The van der Waals surface area contributed by atoms with Crippen LogP contribution in [0, 0.1) is 6.92 Å². The number of rotatable bonds is 4. The van der Waals surface area contributed by atoms with Gasteiger partial charge >= 0.3 is 5.97 Å². The lowest BCUT2D eigenvalue weighted by Crippen LogP contribution is -2.35. The molecule has 4 heteroatoms. The van der Waals surface area contributed by atoms with Gasteiger partial charge in [0.15, 0.2) is 0 Å². The van der Waals surface area contributed by atoms with Crippen molar-refractivity contribution in [2.24, 2.45) is 0 Å². The summed E-state index contributed by atoms with van der Waals surface area (Å²) in [4.78, 5) is 17.3. The van der Waals surface area contributed by atoms with E-state index in [0.29, 0.717) is 6.54 Å². The minimum atomic E-state index is -0.808. The van der Waals surface area contributed by atoms with Crippen molar-refractivity contribution in [3.8, 4) is 0 Å². The Bertz CT molecular complexity index is 610. The quantitative estimate of drug-likeness (QED) is 0.915. The highest BCUT2D eigenvalue weighted by Crippen LogP contribution is 2.20. The number of carboxylic acid groups (broad SMARTS) is 1. The highest BCUT2D eigenvalue weighted by Gasteiger charge is 2.17. The van der Waals surface area contributed by atoms with Crippen molar-refractivity contribution in [3.63, 3.8) is 0 Å². The maximum absolute atomic E-state index is 11.0. The molecule has 100 valence electrons. The fraction of sp³-hybridized carbons (Fsp3) is 0.333. The van der Waals surface area contributed by atoms with E-state index in [0.717, 1.165) is 22.2 Å². The molecular formula is C15H18N2O2. The monoisotopic (exact) mass is 258 g/mol. The van der Waals surface area contributed by atoms with Gasteiger partial charge in [-0.1, -0.05) is 18.2 Å². The number of nitrogens with zero attached hydrogens (tertiary/aromatic N) is 2. The molecule has 0 amide bonds. The van der Waals surface area contributed by atoms with Gasteiger partial charge in [-0.15, -0.1) is 0 Å². The van der Waals surface area contributed by atoms with Gasteiger partial charge in [-0.25, -0.2) is 0 Å². The second kappa shape index (κ2) is 5.36. The predicted octanol–water partition coefficient (Wildman–Crippen LogP) is 2.45. The van der Waals surface area contributed by atoms with Crippen LogP contribution < -0.4 is 0 Å². The van der Waals surface area contributed by atoms with Crippen molar-refractivity contribution >= 4 is 16.9 Å². The molecule has 1 N–H and O–H groups in total. The summed E-state index contributed by atoms with van der Waals surface area (Å²) in [6.45, 7) is 4.24. The van der Waals surface area contributed by atoms with Gasteiger partial charge in [0.25, 0.3) is 0 Å². The van der Waals surface area contributed by atoms with Crippen LogP contribution in [0.2, 0.25) is 0 Å². The molecule has 0 saturated carbocycles. The average molecular weight is 258 g/mol. The van der Waals surface area contributed by atoms with E-state index in [1.165, 1.54) is 0 Å². The fourth-order valence-electron chi connectivity index (χ4n) is 2.12. The molecule has 4 nitrogen and oxygen atoms in total. The van der Waals surface area contributed by atoms with Crippen LogP contribution in [0.5, 0.6) is 0 Å². The molecule has 1 unspecified atom stereocenters. The number of likely N-dealkylation sites (N-methyl/N-ethyl adjacent to an activating group) is 1. The molecule has 0 spiro atoms. The van der Waals surface area contributed by atoms with Gasteiger partial charge in [0.1, 0.15) is 6.04 Å². The van der Waals surface area contributed by atoms with E-state index < -0.39 is 12.0 Å². The van der Waals surface area contributed by atoms with Crippen LogP contribution in [0.1, 0.15) is 18.2 Å². The standard InChI is InChI=1S/C15H18N2O2/c1-10-8-12(9-17(3)11(2)15(18)19)13-6-4-5-7-14(13)16-10/h4-8,11H,9H2,1-3H3,(H,18,19). The predicted molar refractivity (Wildman–Crippen MR) is 75.0 cm³/mol. The summed E-state index contributed by atoms with van der Waals surface area (Å²) in [7, 11) is 1.82. The summed E-state index contributed by atoms with van der Waals surface area (Å²) < 4.78 is 0. The molecule has 2 rings (SSSR count). The third-order valence-electron chi connectivity index (χ3n) is 3.37. The van der Waals surface area contributed by atoms with E-state index in [1.54, 1.807) is 6.92 Å². The van der Waals surface area contributed by atoms with E-state index >= 15 is 0 Å². The molecule has 0 bridgehead atoms. The molecule has 1 aromatic carbocycles. The first kappa shape index (κ1) is 13.5. The largest absolute Gasteiger partial charge is 0.480 e. The zero-order chi connectivity index (χ0) is 14.0. The maximum Gasteiger partial charge on any atom is 0.320 e. The number of hydrogen-bond donors (Lipinski definition) is 1. The molecule has 2 aromatic rings. The van der Waals surface area contributed by atoms with Crippen molar-refractivity contribution < 1.29 is 9.90 Å². The highest BCUT2D eigenvalue weighted by molar-refractivity contribution is 5.82. The molecule has 0 aliphatic heterocycles. The Kier molecular flexibility index (Phi) is 3.81. The number of aryl methyl sites for hydroxylation is 1. The Morgan fingerprint density at radius 2 is 2.11 bits per heavy atom. The maximum atomic E-state index is 11.0. The third-order valence-corrected chi connectivity index (χ3v) is 3.37. The fourth-order valence-corrected chi connectivity index (χ4v) is 2.12. The normalized spacial score (nSPS) is 12.8. The number of hydrogen-bond acceptors (Lipinski definition) is 3. The number of carbonyl (C=O) groups is 1. The van der Waals surface area contributed by atoms with Gasteiger partial charge in [-0.05, 0) is 38.6 Å². The van der Waals surface area contributed by atoms with E-state index in [9.17, 15) is 4.79 Å². The van der Waals surface area contributed by atoms with Gasteiger partial charge in [-0.2, -0.15) is 0 Å². The Morgan fingerprint density at radius 1 is 1.42 bits per heavy atom. The second-order valence-corrected chi connectivity index (χ2v) is 4.87. The van der Waals surface area contributed by atoms with Crippen molar-refractivity contribution in [2.45, 2.75) is 26.4 Å². The molecule has 1 heterocycles. The van der Waals surface area contributed by atoms with Gasteiger partial charge < -0.3 is 5.11 Å². The van der Waals surface area contributed by atoms with Crippen molar-refractivity contribution in [1.29, 1.82) is 0 Å². The van der Waals surface area contributed by atoms with Crippen LogP contribution in [-0.4, -0.2) is 34.0 Å². The number of pyridine rings is 1. The number of aromatic nitrogens is 1. The minimum Gasteiger partial charge on any atom is -0.480 e. The zero-order valence-corrected chi connectivity index (χ0v) is 11.4. The summed E-state index contributed by atoms with van der Waals surface area (Å²) >= 11 is 0. The molecule has 1 atom stereocenters. The van der Waals surface area contributed by atoms with Crippen LogP contribution in [0.3, 0.4) is 0 Å².